The summed E-state index contributed by atoms with van der Waals surface area (Å²) in [6, 6.07) is 20.4. The van der Waals surface area contributed by atoms with Crippen molar-refractivity contribution in [2.24, 2.45) is 0 Å². The first-order chi connectivity index (χ1) is 15.7. The van der Waals surface area contributed by atoms with Crippen molar-refractivity contribution < 1.29 is 9.53 Å². The van der Waals surface area contributed by atoms with Crippen molar-refractivity contribution in [3.05, 3.63) is 78.0 Å². The Balaban J connectivity index is 1.27. The number of ether oxygens (including phenoxy) is 1. The van der Waals surface area contributed by atoms with Crippen LogP contribution in [-0.4, -0.2) is 28.7 Å². The highest BCUT2D eigenvalue weighted by atomic mass is 32.2. The summed E-state index contributed by atoms with van der Waals surface area (Å²) in [5, 5.41) is 6.43. The van der Waals surface area contributed by atoms with Gasteiger partial charge in [-0.1, -0.05) is 30.3 Å². The van der Waals surface area contributed by atoms with E-state index in [-0.39, 0.29) is 5.91 Å². The van der Waals surface area contributed by atoms with Gasteiger partial charge in [0.25, 0.3) is 0 Å². The highest BCUT2D eigenvalue weighted by Gasteiger charge is 2.15. The summed E-state index contributed by atoms with van der Waals surface area (Å²) in [4.78, 5) is 21.7. The smallest absolute Gasteiger partial charge is 0.234 e. The van der Waals surface area contributed by atoms with Crippen molar-refractivity contribution in [3.63, 3.8) is 0 Å². The lowest BCUT2D eigenvalue weighted by Gasteiger charge is -2.17. The number of hydrogen-bond donors (Lipinski definition) is 2. The number of pyridine rings is 2. The number of methoxy groups -OCH3 is 1. The summed E-state index contributed by atoms with van der Waals surface area (Å²) in [5.41, 5.74) is 7.03. The minimum Gasteiger partial charge on any atom is -0.481 e. The zero-order valence-corrected chi connectivity index (χ0v) is 18.4. The van der Waals surface area contributed by atoms with Gasteiger partial charge >= 0.3 is 0 Å². The van der Waals surface area contributed by atoms with Crippen LogP contribution in [-0.2, 0) is 17.9 Å². The fourth-order valence-electron chi connectivity index (χ4n) is 3.75. The van der Waals surface area contributed by atoms with Gasteiger partial charge in [0.05, 0.1) is 24.1 Å². The number of nitrogens with one attached hydrogen (secondary N) is 2. The van der Waals surface area contributed by atoms with Crippen molar-refractivity contribution in [2.45, 2.75) is 18.0 Å². The first kappa shape index (κ1) is 20.5. The van der Waals surface area contributed by atoms with E-state index in [1.54, 1.807) is 25.1 Å². The molecule has 1 amide bonds. The maximum atomic E-state index is 11.6. The summed E-state index contributed by atoms with van der Waals surface area (Å²) >= 11 is 1.58. The Morgan fingerprint density at radius 1 is 1.03 bits per heavy atom. The van der Waals surface area contributed by atoms with Gasteiger partial charge in [-0.3, -0.25) is 9.78 Å². The molecule has 0 saturated carbocycles. The average molecular weight is 443 g/mol. The molecule has 0 saturated heterocycles. The van der Waals surface area contributed by atoms with Gasteiger partial charge in [-0.05, 0) is 41.0 Å². The molecule has 5 rings (SSSR count). The van der Waals surface area contributed by atoms with E-state index in [1.807, 2.05) is 24.3 Å². The number of hydrogen-bond acceptors (Lipinski definition) is 6. The van der Waals surface area contributed by atoms with Crippen molar-refractivity contribution in [1.82, 2.24) is 15.3 Å². The second-order valence-corrected chi connectivity index (χ2v) is 8.56. The minimum absolute atomic E-state index is 0.0586. The number of benzene rings is 2. The van der Waals surface area contributed by atoms with E-state index in [9.17, 15) is 4.79 Å². The number of carbonyl (C=O) groups is 1. The SMILES string of the molecule is COc1ccc2nccc(-c3ccc(CNCc4ccc5c(c4)NC(=O)CS5)cc3)c2n1. The molecule has 3 heterocycles. The molecule has 0 spiro atoms. The van der Waals surface area contributed by atoms with E-state index >= 15 is 0 Å². The molecule has 0 aliphatic carbocycles. The number of anilines is 1. The molecule has 1 aliphatic rings. The van der Waals surface area contributed by atoms with Crippen LogP contribution in [0.1, 0.15) is 11.1 Å². The van der Waals surface area contributed by atoms with Crippen molar-refractivity contribution >= 4 is 34.4 Å². The number of rotatable bonds is 6. The Kier molecular flexibility index (Phi) is 5.75. The fraction of sp³-hybridized carbons (Fsp3) is 0.160. The molecule has 0 unspecified atom stereocenters. The molecule has 0 radical (unpaired) electrons. The lowest BCUT2D eigenvalue weighted by molar-refractivity contribution is -0.113. The molecule has 32 heavy (non-hydrogen) atoms. The molecular formula is C25H22N4O2S. The van der Waals surface area contributed by atoms with Gasteiger partial charge in [-0.2, -0.15) is 0 Å². The molecule has 2 N–H and O–H groups in total. The van der Waals surface area contributed by atoms with Crippen molar-refractivity contribution in [3.8, 4) is 17.0 Å². The first-order valence-electron chi connectivity index (χ1n) is 10.3. The van der Waals surface area contributed by atoms with Crippen LogP contribution in [0.25, 0.3) is 22.2 Å². The average Bonchev–Trinajstić information content (AvgIpc) is 2.83. The number of amides is 1. The van der Waals surface area contributed by atoms with E-state index in [4.69, 9.17) is 4.74 Å². The summed E-state index contributed by atoms with van der Waals surface area (Å²) in [7, 11) is 1.62. The van der Waals surface area contributed by atoms with Gasteiger partial charge in [0.2, 0.25) is 11.8 Å². The molecule has 0 fully saturated rings. The Morgan fingerprint density at radius 3 is 2.69 bits per heavy atom. The summed E-state index contributed by atoms with van der Waals surface area (Å²) in [6.07, 6.45) is 1.81. The molecule has 0 bridgehead atoms. The quantitative estimate of drug-likeness (QED) is 0.453. The monoisotopic (exact) mass is 442 g/mol. The predicted octanol–water partition coefficient (Wildman–Crippen LogP) is 4.64. The molecule has 4 aromatic rings. The number of fused-ring (bicyclic) bond motifs is 2. The molecule has 7 heteroatoms. The van der Waals surface area contributed by atoms with E-state index in [0.717, 1.165) is 51.4 Å². The van der Waals surface area contributed by atoms with Gasteiger partial charge in [0.1, 0.15) is 5.52 Å². The topological polar surface area (TPSA) is 76.1 Å². The summed E-state index contributed by atoms with van der Waals surface area (Å²) in [6.45, 7) is 1.48. The van der Waals surface area contributed by atoms with Gasteiger partial charge in [0.15, 0.2) is 0 Å². The van der Waals surface area contributed by atoms with Crippen LogP contribution in [0.15, 0.2) is 71.8 Å². The van der Waals surface area contributed by atoms with Crippen LogP contribution >= 0.6 is 11.8 Å². The van der Waals surface area contributed by atoms with E-state index in [2.05, 4.69) is 57.0 Å². The van der Waals surface area contributed by atoms with Crippen molar-refractivity contribution in [2.75, 3.05) is 18.2 Å². The molecular weight excluding hydrogens is 420 g/mol. The van der Waals surface area contributed by atoms with Crippen LogP contribution in [0, 0.1) is 0 Å². The lowest BCUT2D eigenvalue weighted by atomic mass is 10.0. The normalized spacial score (nSPS) is 13.0. The third-order valence-corrected chi connectivity index (χ3v) is 6.44. The Hall–Kier alpha value is -3.42. The molecule has 2 aromatic carbocycles. The summed E-state index contributed by atoms with van der Waals surface area (Å²) in [5.74, 6) is 1.12. The van der Waals surface area contributed by atoms with Gasteiger partial charge in [-0.25, -0.2) is 4.98 Å². The van der Waals surface area contributed by atoms with Crippen molar-refractivity contribution in [1.29, 1.82) is 0 Å². The van der Waals surface area contributed by atoms with Gasteiger partial charge in [-0.15, -0.1) is 11.8 Å². The Labute approximate surface area is 190 Å². The highest BCUT2D eigenvalue weighted by Crippen LogP contribution is 2.32. The number of aromatic nitrogens is 2. The van der Waals surface area contributed by atoms with Crippen LogP contribution < -0.4 is 15.4 Å². The van der Waals surface area contributed by atoms with Gasteiger partial charge in [0, 0.05) is 35.8 Å². The number of nitrogens with zero attached hydrogens (tertiary/aromatic N) is 2. The highest BCUT2D eigenvalue weighted by molar-refractivity contribution is 8.00. The van der Waals surface area contributed by atoms with Crippen LogP contribution in [0.2, 0.25) is 0 Å². The second-order valence-electron chi connectivity index (χ2n) is 7.55. The molecule has 2 aromatic heterocycles. The zero-order chi connectivity index (χ0) is 21.9. The second kappa shape index (κ2) is 8.98. The Bertz CT molecular complexity index is 1290. The fourth-order valence-corrected chi connectivity index (χ4v) is 4.54. The zero-order valence-electron chi connectivity index (χ0n) is 17.6. The molecule has 160 valence electrons. The predicted molar refractivity (Wildman–Crippen MR) is 128 cm³/mol. The lowest BCUT2D eigenvalue weighted by Crippen LogP contribution is -2.19. The maximum absolute atomic E-state index is 11.6. The standard InChI is InChI=1S/C25H22N4O2S/c1-31-24-9-7-20-25(29-24)19(10-11-27-20)18-5-2-16(3-6-18)13-26-14-17-4-8-22-21(12-17)28-23(30)15-32-22/h2-12,26H,13-15H2,1H3,(H,28,30). The third kappa shape index (κ3) is 4.30. The molecule has 6 nitrogen and oxygen atoms in total. The van der Waals surface area contributed by atoms with Gasteiger partial charge < -0.3 is 15.4 Å². The van der Waals surface area contributed by atoms with E-state index in [0.29, 0.717) is 11.6 Å². The summed E-state index contributed by atoms with van der Waals surface area (Å²) < 4.78 is 5.28. The molecule has 0 atom stereocenters. The Morgan fingerprint density at radius 2 is 1.84 bits per heavy atom. The van der Waals surface area contributed by atoms with Crippen LogP contribution in [0.4, 0.5) is 5.69 Å². The largest absolute Gasteiger partial charge is 0.481 e. The maximum Gasteiger partial charge on any atom is 0.234 e. The number of carbonyl (C=O) groups excluding carboxylic acids is 1. The number of thioether (sulfide) groups is 1. The molecule has 1 aliphatic heterocycles. The van der Waals surface area contributed by atoms with E-state index in [1.165, 1.54) is 5.56 Å². The van der Waals surface area contributed by atoms with Crippen LogP contribution in [0.5, 0.6) is 5.88 Å². The third-order valence-electron chi connectivity index (χ3n) is 5.37. The minimum atomic E-state index is 0.0586. The van der Waals surface area contributed by atoms with E-state index < -0.39 is 0 Å². The first-order valence-corrected chi connectivity index (χ1v) is 11.3. The van der Waals surface area contributed by atoms with Crippen LogP contribution in [0.3, 0.4) is 0 Å².